The highest BCUT2D eigenvalue weighted by Crippen LogP contribution is 2.44. The van der Waals surface area contributed by atoms with Crippen molar-refractivity contribution in [2.45, 2.75) is 38.1 Å². The summed E-state index contributed by atoms with van der Waals surface area (Å²) in [5.41, 5.74) is 0.529. The van der Waals surface area contributed by atoms with Gasteiger partial charge in [-0.05, 0) is 31.5 Å². The molecule has 4 nitrogen and oxygen atoms in total. The highest BCUT2D eigenvalue weighted by molar-refractivity contribution is 5.82. The molecule has 2 rings (SSSR count). The fourth-order valence-electron chi connectivity index (χ4n) is 2.72. The average molecular weight is 263 g/mol. The van der Waals surface area contributed by atoms with Gasteiger partial charge in [0.2, 0.25) is 5.91 Å². The smallest absolute Gasteiger partial charge is 0.221 e. The Balaban J connectivity index is 2.49. The van der Waals surface area contributed by atoms with E-state index in [1.807, 2.05) is 18.2 Å². The summed E-state index contributed by atoms with van der Waals surface area (Å²) in [5, 5.41) is 3.04. The first-order valence-electron chi connectivity index (χ1n) is 6.37. The van der Waals surface area contributed by atoms with Crippen LogP contribution in [0.5, 0.6) is 11.5 Å². The van der Waals surface area contributed by atoms with E-state index in [4.69, 9.17) is 9.47 Å². The summed E-state index contributed by atoms with van der Waals surface area (Å²) in [5.74, 6) is 1.48. The number of carbonyl (C=O) groups is 1. The van der Waals surface area contributed by atoms with Gasteiger partial charge in [0, 0.05) is 17.4 Å². The lowest BCUT2D eigenvalue weighted by Crippen LogP contribution is -2.48. The number of rotatable bonds is 3. The number of hydrogen-bond acceptors (Lipinski definition) is 3. The van der Waals surface area contributed by atoms with Gasteiger partial charge in [0.1, 0.15) is 0 Å². The molecule has 1 fully saturated rings. The van der Waals surface area contributed by atoms with Gasteiger partial charge < -0.3 is 14.8 Å². The minimum absolute atomic E-state index is 0.0854. The molecule has 104 valence electrons. The van der Waals surface area contributed by atoms with Gasteiger partial charge in [0.15, 0.2) is 11.5 Å². The third kappa shape index (κ3) is 2.05. The van der Waals surface area contributed by atoms with Crippen LogP contribution in [0.4, 0.5) is 0 Å². The zero-order chi connectivity index (χ0) is 14.3. The number of hydrogen-bond donors (Lipinski definition) is 1. The molecule has 1 aromatic rings. The molecule has 1 amide bonds. The van der Waals surface area contributed by atoms with Gasteiger partial charge in [-0.15, -0.1) is 0 Å². The Labute approximate surface area is 114 Å². The molecule has 1 saturated heterocycles. The van der Waals surface area contributed by atoms with Gasteiger partial charge in [-0.3, -0.25) is 4.79 Å². The van der Waals surface area contributed by atoms with Crippen molar-refractivity contribution < 1.29 is 14.3 Å². The Morgan fingerprint density at radius 3 is 2.21 bits per heavy atom. The second kappa shape index (κ2) is 4.44. The molecule has 1 aliphatic heterocycles. The highest BCUT2D eigenvalue weighted by atomic mass is 16.5. The summed E-state index contributed by atoms with van der Waals surface area (Å²) in [4.78, 5) is 11.8. The maximum absolute atomic E-state index is 11.8. The fourth-order valence-corrected chi connectivity index (χ4v) is 2.72. The van der Waals surface area contributed by atoms with E-state index in [1.165, 1.54) is 0 Å². The quantitative estimate of drug-likeness (QED) is 0.910. The Morgan fingerprint density at radius 2 is 1.74 bits per heavy atom. The number of benzene rings is 1. The number of amides is 1. The van der Waals surface area contributed by atoms with Crippen LogP contribution in [0.1, 0.15) is 32.8 Å². The van der Waals surface area contributed by atoms with E-state index in [0.717, 1.165) is 5.56 Å². The van der Waals surface area contributed by atoms with E-state index < -0.39 is 0 Å². The van der Waals surface area contributed by atoms with Crippen LogP contribution in [0.2, 0.25) is 0 Å². The van der Waals surface area contributed by atoms with E-state index in [1.54, 1.807) is 14.2 Å². The van der Waals surface area contributed by atoms with Crippen molar-refractivity contribution in [1.82, 2.24) is 5.32 Å². The zero-order valence-corrected chi connectivity index (χ0v) is 12.2. The molecule has 4 heteroatoms. The molecule has 1 aliphatic rings. The van der Waals surface area contributed by atoms with Crippen LogP contribution in [-0.2, 0) is 10.2 Å². The standard InChI is InChI=1S/C15H21NO3/c1-14(2)15(3,9-13(17)16-14)10-6-7-11(18-4)12(8-10)19-5/h6-8H,9H2,1-5H3,(H,16,17). The van der Waals surface area contributed by atoms with Gasteiger partial charge in [-0.1, -0.05) is 13.0 Å². The van der Waals surface area contributed by atoms with Crippen LogP contribution in [0.3, 0.4) is 0 Å². The van der Waals surface area contributed by atoms with Crippen LogP contribution in [0.25, 0.3) is 0 Å². The molecule has 0 aromatic heterocycles. The summed E-state index contributed by atoms with van der Waals surface area (Å²) < 4.78 is 10.6. The summed E-state index contributed by atoms with van der Waals surface area (Å²) in [6.45, 7) is 6.20. The topological polar surface area (TPSA) is 47.6 Å². The normalized spacial score (nSPS) is 25.0. The maximum atomic E-state index is 11.8. The third-order valence-electron chi connectivity index (χ3n) is 4.37. The van der Waals surface area contributed by atoms with Gasteiger partial charge in [-0.2, -0.15) is 0 Å². The van der Waals surface area contributed by atoms with E-state index in [0.29, 0.717) is 17.9 Å². The van der Waals surface area contributed by atoms with Crippen molar-refractivity contribution in [1.29, 1.82) is 0 Å². The Bertz CT molecular complexity index is 510. The summed E-state index contributed by atoms with van der Waals surface area (Å²) in [6, 6.07) is 5.85. The molecule has 1 aromatic carbocycles. The first-order valence-corrected chi connectivity index (χ1v) is 6.37. The predicted octanol–water partition coefficient (Wildman–Crippen LogP) is 2.26. The van der Waals surface area contributed by atoms with Crippen molar-refractivity contribution in [2.24, 2.45) is 0 Å². The number of methoxy groups -OCH3 is 2. The summed E-state index contributed by atoms with van der Waals surface area (Å²) in [7, 11) is 3.23. The van der Waals surface area contributed by atoms with Crippen LogP contribution >= 0.6 is 0 Å². The molecule has 0 aliphatic carbocycles. The lowest BCUT2D eigenvalue weighted by atomic mass is 9.69. The second-order valence-corrected chi connectivity index (χ2v) is 5.75. The Kier molecular flexibility index (Phi) is 3.20. The second-order valence-electron chi connectivity index (χ2n) is 5.75. The summed E-state index contributed by atoms with van der Waals surface area (Å²) in [6.07, 6.45) is 0.482. The van der Waals surface area contributed by atoms with Crippen molar-refractivity contribution >= 4 is 5.91 Å². The van der Waals surface area contributed by atoms with Gasteiger partial charge in [0.25, 0.3) is 0 Å². The highest BCUT2D eigenvalue weighted by Gasteiger charge is 2.50. The van der Waals surface area contributed by atoms with Crippen molar-refractivity contribution in [2.75, 3.05) is 14.2 Å². The molecule has 0 bridgehead atoms. The van der Waals surface area contributed by atoms with Crippen LogP contribution < -0.4 is 14.8 Å². The average Bonchev–Trinajstić information content (AvgIpc) is 2.57. The molecule has 0 spiro atoms. The molecule has 1 heterocycles. The SMILES string of the molecule is COc1ccc(C2(C)CC(=O)NC2(C)C)cc1OC. The van der Waals surface area contributed by atoms with Gasteiger partial charge in [0.05, 0.1) is 14.2 Å². The monoisotopic (exact) mass is 263 g/mol. The predicted molar refractivity (Wildman–Crippen MR) is 73.7 cm³/mol. The molecule has 1 unspecified atom stereocenters. The van der Waals surface area contributed by atoms with E-state index in [-0.39, 0.29) is 16.9 Å². The molecule has 0 radical (unpaired) electrons. The molecule has 1 atom stereocenters. The number of ether oxygens (including phenoxy) is 2. The van der Waals surface area contributed by atoms with Crippen molar-refractivity contribution in [3.05, 3.63) is 23.8 Å². The molecule has 0 saturated carbocycles. The van der Waals surface area contributed by atoms with Crippen LogP contribution in [0, 0.1) is 0 Å². The largest absolute Gasteiger partial charge is 0.493 e. The van der Waals surface area contributed by atoms with Crippen molar-refractivity contribution in [3.63, 3.8) is 0 Å². The minimum atomic E-state index is -0.288. The lowest BCUT2D eigenvalue weighted by molar-refractivity contribution is -0.119. The Hall–Kier alpha value is -1.71. The number of nitrogens with one attached hydrogen (secondary N) is 1. The van der Waals surface area contributed by atoms with E-state index in [2.05, 4.69) is 26.1 Å². The molecular formula is C15H21NO3. The summed E-state index contributed by atoms with van der Waals surface area (Å²) >= 11 is 0. The molecule has 1 N–H and O–H groups in total. The van der Waals surface area contributed by atoms with Gasteiger partial charge in [-0.25, -0.2) is 0 Å². The zero-order valence-electron chi connectivity index (χ0n) is 12.2. The first kappa shape index (κ1) is 13.7. The van der Waals surface area contributed by atoms with E-state index in [9.17, 15) is 4.79 Å². The third-order valence-corrected chi connectivity index (χ3v) is 4.37. The van der Waals surface area contributed by atoms with Crippen LogP contribution in [0.15, 0.2) is 18.2 Å². The van der Waals surface area contributed by atoms with Crippen molar-refractivity contribution in [3.8, 4) is 11.5 Å². The fraction of sp³-hybridized carbons (Fsp3) is 0.533. The Morgan fingerprint density at radius 1 is 1.11 bits per heavy atom. The first-order chi connectivity index (χ1) is 8.84. The van der Waals surface area contributed by atoms with E-state index >= 15 is 0 Å². The minimum Gasteiger partial charge on any atom is -0.493 e. The maximum Gasteiger partial charge on any atom is 0.221 e. The van der Waals surface area contributed by atoms with Gasteiger partial charge >= 0.3 is 0 Å². The molecular weight excluding hydrogens is 242 g/mol. The molecule has 19 heavy (non-hydrogen) atoms. The van der Waals surface area contributed by atoms with Crippen LogP contribution in [-0.4, -0.2) is 25.7 Å². The number of carbonyl (C=O) groups excluding carboxylic acids is 1. The lowest BCUT2D eigenvalue weighted by Gasteiger charge is -2.37.